The van der Waals surface area contributed by atoms with Crippen LogP contribution in [-0.4, -0.2) is 22.4 Å². The molecule has 0 bridgehead atoms. The average molecular weight is 331 g/mol. The average Bonchev–Trinajstić information content (AvgIpc) is 2.88. The molecule has 2 nitrogen and oxygen atoms in total. The molecule has 2 heteroatoms. The highest BCUT2D eigenvalue weighted by molar-refractivity contribution is 5.29. The molecule has 0 aromatic carbocycles. The Balaban J connectivity index is 1.78. The zero-order valence-electron chi connectivity index (χ0n) is 15.6. The van der Waals surface area contributed by atoms with Crippen molar-refractivity contribution in [2.24, 2.45) is 23.2 Å². The maximum absolute atomic E-state index is 10.0. The normalized spacial score (nSPS) is 41.8. The van der Waals surface area contributed by atoms with E-state index in [4.69, 9.17) is 0 Å². The predicted molar refractivity (Wildman–Crippen MR) is 99.6 cm³/mol. The van der Waals surface area contributed by atoms with Crippen LogP contribution in [0.4, 0.5) is 0 Å². The van der Waals surface area contributed by atoms with Crippen molar-refractivity contribution in [1.82, 2.24) is 0 Å². The first kappa shape index (κ1) is 17.9. The molecule has 3 aliphatic rings. The highest BCUT2D eigenvalue weighted by Gasteiger charge is 2.49. The second kappa shape index (κ2) is 6.80. The fourth-order valence-corrected chi connectivity index (χ4v) is 5.80. The summed E-state index contributed by atoms with van der Waals surface area (Å²) in [4.78, 5) is 0. The van der Waals surface area contributed by atoms with Crippen molar-refractivity contribution in [2.75, 3.05) is 0 Å². The van der Waals surface area contributed by atoms with Crippen LogP contribution >= 0.6 is 0 Å². The number of hydrogen-bond acceptors (Lipinski definition) is 2. The molecule has 0 radical (unpaired) electrons. The van der Waals surface area contributed by atoms with E-state index in [2.05, 4.69) is 39.5 Å². The number of rotatable bonds is 2. The lowest BCUT2D eigenvalue weighted by molar-refractivity contribution is 0.104. The van der Waals surface area contributed by atoms with Gasteiger partial charge < -0.3 is 10.2 Å². The summed E-state index contributed by atoms with van der Waals surface area (Å²) in [6.45, 7) is 11.1. The molecule has 3 rings (SSSR count). The van der Waals surface area contributed by atoms with Crippen molar-refractivity contribution >= 4 is 0 Å². The van der Waals surface area contributed by atoms with Crippen molar-refractivity contribution in [3.63, 3.8) is 0 Å². The Kier molecular flexibility index (Phi) is 5.09. The van der Waals surface area contributed by atoms with Gasteiger partial charge in [0.05, 0.1) is 12.2 Å². The lowest BCUT2D eigenvalue weighted by Gasteiger charge is -2.43. The molecule has 0 spiro atoms. The van der Waals surface area contributed by atoms with Crippen LogP contribution in [0.15, 0.2) is 35.5 Å². The molecular weight excluding hydrogens is 296 g/mol. The van der Waals surface area contributed by atoms with Gasteiger partial charge in [0.25, 0.3) is 0 Å². The summed E-state index contributed by atoms with van der Waals surface area (Å²) in [5, 5.41) is 20.0. The quantitative estimate of drug-likeness (QED) is 0.715. The van der Waals surface area contributed by atoms with E-state index in [0.29, 0.717) is 23.8 Å². The smallest absolute Gasteiger partial charge is 0.0809 e. The first-order valence-electron chi connectivity index (χ1n) is 9.76. The Hall–Kier alpha value is -0.860. The third-order valence-corrected chi connectivity index (χ3v) is 7.14. The minimum atomic E-state index is -0.591. The van der Waals surface area contributed by atoms with Crippen LogP contribution < -0.4 is 0 Å². The summed E-state index contributed by atoms with van der Waals surface area (Å²) in [6, 6.07) is 0. The highest BCUT2D eigenvalue weighted by atomic mass is 16.3. The molecule has 2 N–H and O–H groups in total. The molecule has 0 heterocycles. The van der Waals surface area contributed by atoms with Crippen molar-refractivity contribution in [3.05, 3.63) is 35.5 Å². The molecule has 3 aliphatic carbocycles. The van der Waals surface area contributed by atoms with E-state index in [0.717, 1.165) is 23.3 Å². The van der Waals surface area contributed by atoms with Gasteiger partial charge in [-0.2, -0.15) is 0 Å². The predicted octanol–water partition coefficient (Wildman–Crippen LogP) is 4.78. The zero-order valence-corrected chi connectivity index (χ0v) is 15.6. The highest BCUT2D eigenvalue weighted by Crippen LogP contribution is 2.59. The van der Waals surface area contributed by atoms with Gasteiger partial charge in [-0.15, -0.1) is 0 Å². The number of fused-ring (bicyclic) bond motifs is 1. The van der Waals surface area contributed by atoms with E-state index >= 15 is 0 Å². The summed E-state index contributed by atoms with van der Waals surface area (Å²) in [6.07, 6.45) is 11.1. The maximum Gasteiger partial charge on any atom is 0.0809 e. The Morgan fingerprint density at radius 2 is 1.79 bits per heavy atom. The molecule has 0 aromatic rings. The second-order valence-electron chi connectivity index (χ2n) is 8.92. The Morgan fingerprint density at radius 3 is 2.42 bits per heavy atom. The van der Waals surface area contributed by atoms with Crippen LogP contribution in [-0.2, 0) is 0 Å². The van der Waals surface area contributed by atoms with Crippen LogP contribution in [0.25, 0.3) is 0 Å². The van der Waals surface area contributed by atoms with E-state index in [1.807, 2.05) is 0 Å². The fraction of sp³-hybridized carbons (Fsp3) is 0.727. The van der Waals surface area contributed by atoms with Gasteiger partial charge in [0.15, 0.2) is 0 Å². The molecule has 0 amide bonds. The first-order chi connectivity index (χ1) is 11.3. The molecule has 0 aromatic heterocycles. The van der Waals surface area contributed by atoms with Crippen molar-refractivity contribution in [1.29, 1.82) is 0 Å². The van der Waals surface area contributed by atoms with Crippen LogP contribution in [0, 0.1) is 23.2 Å². The van der Waals surface area contributed by atoms with Gasteiger partial charge in [0, 0.05) is 0 Å². The Bertz CT molecular complexity index is 540. The number of aliphatic hydroxyl groups is 2. The SMILES string of the molecule is C=C1[C@H](O)CC(=C/C=C2\CCC[C@@]3(C)C2CCC3C(C)C)C[C@H]1O. The van der Waals surface area contributed by atoms with Crippen LogP contribution in [0.3, 0.4) is 0 Å². The standard InChI is InChI=1S/C22H34O2/c1-14(2)18-9-10-19-17(6-5-11-22(18,19)4)8-7-16-12-20(23)15(3)21(24)13-16/h7-8,14,18-21,23-24H,3,5-6,9-13H2,1-2,4H3/b17-8+/t18?,19?,20-,21-,22-/m1/s1. The molecule has 3 fully saturated rings. The lowest BCUT2D eigenvalue weighted by atomic mass is 9.61. The molecule has 24 heavy (non-hydrogen) atoms. The van der Waals surface area contributed by atoms with E-state index in [1.165, 1.54) is 32.1 Å². The molecular formula is C22H34O2. The summed E-state index contributed by atoms with van der Waals surface area (Å²) in [5.41, 5.74) is 3.80. The van der Waals surface area contributed by atoms with Gasteiger partial charge in [-0.1, -0.05) is 50.6 Å². The second-order valence-corrected chi connectivity index (χ2v) is 8.92. The van der Waals surface area contributed by atoms with E-state index in [9.17, 15) is 10.2 Å². The Morgan fingerprint density at radius 1 is 1.12 bits per heavy atom. The van der Waals surface area contributed by atoms with Gasteiger partial charge in [0.1, 0.15) is 0 Å². The molecule has 134 valence electrons. The van der Waals surface area contributed by atoms with E-state index in [-0.39, 0.29) is 0 Å². The Labute approximate surface area is 147 Å². The molecule has 0 aliphatic heterocycles. The first-order valence-corrected chi connectivity index (χ1v) is 9.76. The largest absolute Gasteiger partial charge is 0.388 e. The molecule has 3 saturated carbocycles. The number of aliphatic hydroxyl groups excluding tert-OH is 2. The van der Waals surface area contributed by atoms with Crippen LogP contribution in [0.2, 0.25) is 0 Å². The summed E-state index contributed by atoms with van der Waals surface area (Å²) in [5.74, 6) is 2.34. The fourth-order valence-electron chi connectivity index (χ4n) is 5.80. The van der Waals surface area contributed by atoms with Crippen molar-refractivity contribution in [2.45, 2.75) is 77.9 Å². The van der Waals surface area contributed by atoms with Crippen molar-refractivity contribution in [3.8, 4) is 0 Å². The van der Waals surface area contributed by atoms with Crippen LogP contribution in [0.5, 0.6) is 0 Å². The van der Waals surface area contributed by atoms with Crippen molar-refractivity contribution < 1.29 is 10.2 Å². The van der Waals surface area contributed by atoms with Gasteiger partial charge in [-0.05, 0) is 73.7 Å². The third-order valence-electron chi connectivity index (χ3n) is 7.14. The number of hydrogen-bond donors (Lipinski definition) is 2. The maximum atomic E-state index is 10.0. The van der Waals surface area contributed by atoms with Gasteiger partial charge in [-0.3, -0.25) is 0 Å². The minimum Gasteiger partial charge on any atom is -0.388 e. The lowest BCUT2D eigenvalue weighted by Crippen LogP contribution is -2.35. The monoisotopic (exact) mass is 330 g/mol. The van der Waals surface area contributed by atoms with Gasteiger partial charge in [0.2, 0.25) is 0 Å². The van der Waals surface area contributed by atoms with E-state index in [1.54, 1.807) is 5.57 Å². The number of allylic oxidation sites excluding steroid dienone is 3. The van der Waals surface area contributed by atoms with Gasteiger partial charge in [-0.25, -0.2) is 0 Å². The molecule has 2 unspecified atom stereocenters. The van der Waals surface area contributed by atoms with Gasteiger partial charge >= 0.3 is 0 Å². The van der Waals surface area contributed by atoms with Crippen LogP contribution in [0.1, 0.15) is 65.7 Å². The topological polar surface area (TPSA) is 40.5 Å². The molecule has 0 saturated heterocycles. The summed E-state index contributed by atoms with van der Waals surface area (Å²) >= 11 is 0. The van der Waals surface area contributed by atoms with E-state index < -0.39 is 12.2 Å². The third kappa shape index (κ3) is 3.15. The summed E-state index contributed by atoms with van der Waals surface area (Å²) < 4.78 is 0. The minimum absolute atomic E-state index is 0.469. The zero-order chi connectivity index (χ0) is 17.5. The molecule has 5 atom stereocenters. The summed E-state index contributed by atoms with van der Waals surface area (Å²) in [7, 11) is 0.